The molecule has 3 rings (SSSR count). The van der Waals surface area contributed by atoms with E-state index in [1.807, 2.05) is 18.2 Å². The molecule has 168 valence electrons. The molecule has 0 aromatic heterocycles. The van der Waals surface area contributed by atoms with Crippen molar-refractivity contribution >= 4 is 17.5 Å². The van der Waals surface area contributed by atoms with E-state index in [2.05, 4.69) is 29.8 Å². The number of hydrogen-bond donors (Lipinski definition) is 3. The van der Waals surface area contributed by atoms with Gasteiger partial charge in [-0.2, -0.15) is 0 Å². The van der Waals surface area contributed by atoms with Crippen LogP contribution in [-0.2, 0) is 6.54 Å². The van der Waals surface area contributed by atoms with Crippen molar-refractivity contribution in [2.75, 3.05) is 19.6 Å². The molecule has 2 aliphatic carbocycles. The van der Waals surface area contributed by atoms with Gasteiger partial charge in [0.2, 0.25) is 0 Å². The number of carbonyl (C=O) groups excluding carboxylic acids is 1. The molecule has 0 heterocycles. The summed E-state index contributed by atoms with van der Waals surface area (Å²) in [6.07, 6.45) is 10.3. The van der Waals surface area contributed by atoms with Gasteiger partial charge in [0, 0.05) is 19.1 Å². The fourth-order valence-corrected chi connectivity index (χ4v) is 5.33. The fourth-order valence-electron chi connectivity index (χ4n) is 5.13. The minimum absolute atomic E-state index is 0. The first-order chi connectivity index (χ1) is 14.0. The molecule has 0 atom stereocenters. The van der Waals surface area contributed by atoms with Crippen LogP contribution in [0.4, 0.5) is 0 Å². The zero-order valence-electron chi connectivity index (χ0n) is 18.9. The zero-order valence-corrected chi connectivity index (χ0v) is 19.6. The van der Waals surface area contributed by atoms with Crippen molar-refractivity contribution in [1.82, 2.24) is 16.0 Å². The van der Waals surface area contributed by atoms with Gasteiger partial charge in [-0.3, -0.25) is 4.79 Å². The molecule has 4 nitrogen and oxygen atoms in total. The van der Waals surface area contributed by atoms with Crippen LogP contribution in [0.1, 0.15) is 81.1 Å². The second-order valence-corrected chi connectivity index (χ2v) is 9.90. The highest BCUT2D eigenvalue weighted by Gasteiger charge is 2.39. The van der Waals surface area contributed by atoms with Crippen LogP contribution in [-0.4, -0.2) is 31.6 Å². The van der Waals surface area contributed by atoms with Gasteiger partial charge in [0.15, 0.2) is 0 Å². The highest BCUT2D eigenvalue weighted by Crippen LogP contribution is 2.48. The Kier molecular flexibility index (Phi) is 10.1. The van der Waals surface area contributed by atoms with Crippen LogP contribution in [0.2, 0.25) is 5.02 Å². The zero-order chi connectivity index (χ0) is 20.7. The lowest BCUT2D eigenvalue weighted by Crippen LogP contribution is -2.43. The van der Waals surface area contributed by atoms with E-state index < -0.39 is 0 Å². The van der Waals surface area contributed by atoms with Gasteiger partial charge < -0.3 is 16.0 Å². The second-order valence-electron chi connectivity index (χ2n) is 9.49. The highest BCUT2D eigenvalue weighted by atomic mass is 35.5. The Morgan fingerprint density at radius 2 is 1.93 bits per heavy atom. The number of amides is 1. The van der Waals surface area contributed by atoms with Crippen molar-refractivity contribution in [2.45, 2.75) is 77.8 Å². The summed E-state index contributed by atoms with van der Waals surface area (Å²) in [4.78, 5) is 12.9. The molecule has 3 N–H and O–H groups in total. The van der Waals surface area contributed by atoms with Gasteiger partial charge in [-0.05, 0) is 67.8 Å². The first-order valence-corrected chi connectivity index (χ1v) is 11.9. The van der Waals surface area contributed by atoms with Gasteiger partial charge in [0.1, 0.15) is 0 Å². The number of fused-ring (bicyclic) bond motifs is 2. The monoisotopic (exact) mass is 433 g/mol. The normalized spacial score (nSPS) is 23.1. The highest BCUT2D eigenvalue weighted by molar-refractivity contribution is 6.33. The third kappa shape index (κ3) is 7.25. The average Bonchev–Trinajstić information content (AvgIpc) is 2.70. The maximum Gasteiger partial charge on any atom is 0.252 e. The maximum atomic E-state index is 12.9. The van der Waals surface area contributed by atoms with E-state index in [1.54, 1.807) is 0 Å². The van der Waals surface area contributed by atoms with E-state index in [9.17, 15) is 4.79 Å². The van der Waals surface area contributed by atoms with Gasteiger partial charge in [-0.25, -0.2) is 0 Å². The molecule has 0 spiro atoms. The predicted molar refractivity (Wildman–Crippen MR) is 127 cm³/mol. The maximum absolute atomic E-state index is 12.9. The summed E-state index contributed by atoms with van der Waals surface area (Å²) in [5.74, 6) is 0.850. The molecule has 2 bridgehead atoms. The summed E-state index contributed by atoms with van der Waals surface area (Å²) in [6.45, 7) is 7.84. The van der Waals surface area contributed by atoms with E-state index in [0.29, 0.717) is 22.0 Å². The van der Waals surface area contributed by atoms with E-state index in [4.69, 9.17) is 11.6 Å². The third-order valence-electron chi connectivity index (χ3n) is 6.67. The Hall–Kier alpha value is -1.10. The minimum atomic E-state index is -0.0277. The smallest absolute Gasteiger partial charge is 0.252 e. The number of nitrogens with one attached hydrogen (secondary N) is 3. The van der Waals surface area contributed by atoms with Gasteiger partial charge in [0.05, 0.1) is 10.6 Å². The largest absolute Gasteiger partial charge is 0.351 e. The summed E-state index contributed by atoms with van der Waals surface area (Å²) in [6, 6.07) is 6.33. The van der Waals surface area contributed by atoms with Crippen LogP contribution in [0, 0.1) is 18.8 Å². The molecule has 5 heteroatoms. The first kappa shape index (κ1) is 25.2. The van der Waals surface area contributed by atoms with E-state index in [0.717, 1.165) is 44.1 Å². The quantitative estimate of drug-likeness (QED) is 0.442. The lowest BCUT2D eigenvalue weighted by molar-refractivity contribution is 0.0681. The van der Waals surface area contributed by atoms with Crippen LogP contribution in [0.15, 0.2) is 18.2 Å². The summed E-state index contributed by atoms with van der Waals surface area (Å²) >= 11 is 6.36. The molecular formula is C25H40ClN3O. The Morgan fingerprint density at radius 3 is 2.63 bits per heavy atom. The SMILES string of the molecule is CC(C)NCCCNCc1ccc(Cl)c(C(=O)NCC23CCCC(CCC2)C3)c1.[CH2]. The van der Waals surface area contributed by atoms with Crippen molar-refractivity contribution in [3.8, 4) is 0 Å². The Morgan fingerprint density at radius 1 is 1.20 bits per heavy atom. The summed E-state index contributed by atoms with van der Waals surface area (Å²) in [7, 11) is 0. The number of rotatable bonds is 10. The Labute approximate surface area is 188 Å². The molecule has 1 amide bonds. The Balaban J connectivity index is 0.00000320. The summed E-state index contributed by atoms with van der Waals surface area (Å²) in [5.41, 5.74) is 2.03. The molecule has 2 radical (unpaired) electrons. The van der Waals surface area contributed by atoms with Crippen molar-refractivity contribution in [1.29, 1.82) is 0 Å². The standard InChI is InChI=1S/C24H38ClN3O.CH2/c1-18(2)27-13-5-12-26-16-20-8-9-22(25)21(14-20)23(29)28-17-24-10-3-6-19(15-24)7-4-11-24;/h8-9,14,18-19,26-27H,3-7,10-13,15-17H2,1-2H3,(H,28,29);1H2. The molecule has 0 aliphatic heterocycles. The Bertz CT molecular complexity index is 666. The predicted octanol–water partition coefficient (Wildman–Crippen LogP) is 5.24. The second kappa shape index (κ2) is 12.1. The molecule has 30 heavy (non-hydrogen) atoms. The topological polar surface area (TPSA) is 53.2 Å². The molecule has 0 saturated heterocycles. The summed E-state index contributed by atoms with van der Waals surface area (Å²) < 4.78 is 0. The summed E-state index contributed by atoms with van der Waals surface area (Å²) in [5, 5.41) is 10.6. The van der Waals surface area contributed by atoms with Crippen molar-refractivity contribution < 1.29 is 4.79 Å². The van der Waals surface area contributed by atoms with Gasteiger partial charge in [-0.1, -0.05) is 64.6 Å². The van der Waals surface area contributed by atoms with E-state index in [-0.39, 0.29) is 13.3 Å². The number of carbonyl (C=O) groups is 1. The van der Waals surface area contributed by atoms with Crippen LogP contribution in [0.25, 0.3) is 0 Å². The van der Waals surface area contributed by atoms with Gasteiger partial charge >= 0.3 is 0 Å². The minimum Gasteiger partial charge on any atom is -0.351 e. The molecule has 1 aromatic rings. The number of benzene rings is 1. The van der Waals surface area contributed by atoms with Crippen LogP contribution >= 0.6 is 11.6 Å². The first-order valence-electron chi connectivity index (χ1n) is 11.5. The molecule has 1 aromatic carbocycles. The molecule has 2 saturated carbocycles. The van der Waals surface area contributed by atoms with Crippen LogP contribution in [0.5, 0.6) is 0 Å². The van der Waals surface area contributed by atoms with Crippen molar-refractivity contribution in [3.05, 3.63) is 41.8 Å². The van der Waals surface area contributed by atoms with Crippen molar-refractivity contribution in [2.24, 2.45) is 11.3 Å². The van der Waals surface area contributed by atoms with E-state index in [1.165, 1.54) is 44.9 Å². The lowest BCUT2D eigenvalue weighted by Gasteiger charge is -2.45. The fraction of sp³-hybridized carbons (Fsp3) is 0.680. The van der Waals surface area contributed by atoms with E-state index >= 15 is 0 Å². The van der Waals surface area contributed by atoms with Gasteiger partial charge in [-0.15, -0.1) is 0 Å². The molecule has 2 fully saturated rings. The average molecular weight is 434 g/mol. The molecular weight excluding hydrogens is 394 g/mol. The van der Waals surface area contributed by atoms with Crippen LogP contribution in [0.3, 0.4) is 0 Å². The third-order valence-corrected chi connectivity index (χ3v) is 7.00. The lowest BCUT2D eigenvalue weighted by atomic mass is 9.62. The molecule has 0 unspecified atom stereocenters. The number of hydrogen-bond acceptors (Lipinski definition) is 3. The van der Waals surface area contributed by atoms with Crippen molar-refractivity contribution in [3.63, 3.8) is 0 Å². The van der Waals surface area contributed by atoms with Gasteiger partial charge in [0.25, 0.3) is 5.91 Å². The molecule has 2 aliphatic rings. The van der Waals surface area contributed by atoms with Crippen LogP contribution < -0.4 is 16.0 Å². The number of halogens is 1.